The SMILES string of the molecule is CC/C=C\C/C=C\C/C=C\C/C=C\C/C=C\C/C=C\CCC(=O)OCC(COCCCCCCCCC/C=C\C/C=C\C/C=C\C/C=C\CC)OC(=O)CCCCCCC. The number of hydrogen-bond acceptors (Lipinski definition) is 5. The Labute approximate surface area is 369 Å². The van der Waals surface area contributed by atoms with Crippen molar-refractivity contribution in [1.29, 1.82) is 0 Å². The van der Waals surface area contributed by atoms with Crippen molar-refractivity contribution in [3.05, 3.63) is 122 Å². The maximum atomic E-state index is 12.6. The Morgan fingerprint density at radius 1 is 0.383 bits per heavy atom. The van der Waals surface area contributed by atoms with Crippen molar-refractivity contribution in [3.8, 4) is 0 Å². The monoisotopic (exact) mass is 829 g/mol. The van der Waals surface area contributed by atoms with E-state index in [4.69, 9.17) is 14.2 Å². The quantitative estimate of drug-likeness (QED) is 0.0348. The number of hydrogen-bond donors (Lipinski definition) is 0. The van der Waals surface area contributed by atoms with Gasteiger partial charge in [0.05, 0.1) is 6.61 Å². The molecule has 0 aromatic carbocycles. The third kappa shape index (κ3) is 47.0. The van der Waals surface area contributed by atoms with E-state index in [0.29, 0.717) is 25.9 Å². The van der Waals surface area contributed by atoms with E-state index in [1.54, 1.807) is 0 Å². The molecule has 0 spiro atoms. The van der Waals surface area contributed by atoms with Crippen LogP contribution in [-0.4, -0.2) is 37.9 Å². The van der Waals surface area contributed by atoms with E-state index >= 15 is 0 Å². The summed E-state index contributed by atoms with van der Waals surface area (Å²) in [6.07, 6.45) is 69.6. The minimum absolute atomic E-state index is 0.0328. The van der Waals surface area contributed by atoms with E-state index in [9.17, 15) is 9.59 Å². The topological polar surface area (TPSA) is 61.8 Å². The summed E-state index contributed by atoms with van der Waals surface area (Å²) in [5, 5.41) is 0. The second kappa shape index (κ2) is 49.7. The van der Waals surface area contributed by atoms with Crippen LogP contribution in [0.25, 0.3) is 0 Å². The maximum Gasteiger partial charge on any atom is 0.306 e. The first-order valence-corrected chi connectivity index (χ1v) is 24.1. The van der Waals surface area contributed by atoms with Gasteiger partial charge < -0.3 is 14.2 Å². The molecule has 0 aliphatic heterocycles. The Hall–Kier alpha value is -3.70. The molecule has 0 N–H and O–H groups in total. The summed E-state index contributed by atoms with van der Waals surface area (Å²) in [6.45, 7) is 7.40. The lowest BCUT2D eigenvalue weighted by Gasteiger charge is -2.18. The minimum Gasteiger partial charge on any atom is -0.462 e. The molecule has 0 aliphatic rings. The summed E-state index contributed by atoms with van der Waals surface area (Å²) < 4.78 is 17.2. The summed E-state index contributed by atoms with van der Waals surface area (Å²) in [4.78, 5) is 25.0. The van der Waals surface area contributed by atoms with Crippen LogP contribution < -0.4 is 0 Å². The van der Waals surface area contributed by atoms with Gasteiger partial charge in [0.1, 0.15) is 6.61 Å². The molecule has 338 valence electrons. The van der Waals surface area contributed by atoms with Gasteiger partial charge >= 0.3 is 11.9 Å². The van der Waals surface area contributed by atoms with Gasteiger partial charge in [-0.25, -0.2) is 0 Å². The van der Waals surface area contributed by atoms with Crippen LogP contribution in [0.2, 0.25) is 0 Å². The van der Waals surface area contributed by atoms with Crippen molar-refractivity contribution in [1.82, 2.24) is 0 Å². The smallest absolute Gasteiger partial charge is 0.306 e. The van der Waals surface area contributed by atoms with Gasteiger partial charge in [-0.1, -0.05) is 200 Å². The Morgan fingerprint density at radius 2 is 0.783 bits per heavy atom. The van der Waals surface area contributed by atoms with Gasteiger partial charge in [0.25, 0.3) is 0 Å². The lowest BCUT2D eigenvalue weighted by molar-refractivity contribution is -0.162. The molecule has 1 unspecified atom stereocenters. The molecule has 0 aromatic heterocycles. The van der Waals surface area contributed by atoms with Crippen LogP contribution in [0.4, 0.5) is 0 Å². The van der Waals surface area contributed by atoms with E-state index in [1.165, 1.54) is 44.9 Å². The third-order valence-electron chi connectivity index (χ3n) is 9.51. The first kappa shape index (κ1) is 56.3. The van der Waals surface area contributed by atoms with E-state index in [-0.39, 0.29) is 25.2 Å². The number of allylic oxidation sites excluding steroid dienone is 20. The number of rotatable bonds is 42. The van der Waals surface area contributed by atoms with Crippen molar-refractivity contribution in [2.45, 2.75) is 194 Å². The molecule has 5 heteroatoms. The molecule has 0 amide bonds. The Balaban J connectivity index is 4.20. The van der Waals surface area contributed by atoms with E-state index in [0.717, 1.165) is 103 Å². The van der Waals surface area contributed by atoms with Crippen molar-refractivity contribution >= 4 is 11.9 Å². The van der Waals surface area contributed by atoms with Gasteiger partial charge in [-0.05, 0) is 96.3 Å². The van der Waals surface area contributed by atoms with Crippen LogP contribution in [-0.2, 0) is 23.8 Å². The second-order valence-electron chi connectivity index (χ2n) is 15.3. The van der Waals surface area contributed by atoms with Crippen molar-refractivity contribution in [3.63, 3.8) is 0 Å². The normalized spacial score (nSPS) is 13.3. The number of carbonyl (C=O) groups excluding carboxylic acids is 2. The third-order valence-corrected chi connectivity index (χ3v) is 9.51. The Morgan fingerprint density at radius 3 is 1.27 bits per heavy atom. The molecule has 0 saturated carbocycles. The van der Waals surface area contributed by atoms with Gasteiger partial charge in [0.15, 0.2) is 6.10 Å². The zero-order valence-electron chi connectivity index (χ0n) is 38.7. The fourth-order valence-electron chi connectivity index (χ4n) is 6.00. The van der Waals surface area contributed by atoms with Crippen LogP contribution in [0, 0.1) is 0 Å². The lowest BCUT2D eigenvalue weighted by Crippen LogP contribution is -2.30. The highest BCUT2D eigenvalue weighted by atomic mass is 16.6. The fraction of sp³-hybridized carbons (Fsp3) is 0.600. The maximum absolute atomic E-state index is 12.6. The standard InChI is InChI=1S/C55H88O5/c1-4-7-10-13-15-17-19-21-23-25-27-29-31-33-35-37-39-41-44-47-50-58-51-53(60-55(57)49-46-42-12-9-6-3)52-59-54(56)48-45-43-40-38-36-34-32-30-28-26-24-22-20-18-16-14-11-8-5-2/h7-8,10-11,15-18,21-24,27-30,34,36,40,43,53H,4-6,9,12-14,19-20,25-26,31-33,35,37-39,41-42,44-52H2,1-3H3/b10-7-,11-8-,17-15-,18-16-,23-21-,24-22-,29-27-,30-28-,36-34-,43-40-. The summed E-state index contributed by atoms with van der Waals surface area (Å²) in [6, 6.07) is 0. The molecule has 0 fully saturated rings. The average Bonchev–Trinajstić information content (AvgIpc) is 3.25. The Kier molecular flexibility index (Phi) is 46.6. The molecule has 60 heavy (non-hydrogen) atoms. The van der Waals surface area contributed by atoms with E-state index < -0.39 is 6.10 Å². The first-order chi connectivity index (χ1) is 29.6. The molecule has 0 bridgehead atoms. The zero-order valence-corrected chi connectivity index (χ0v) is 38.7. The number of unbranched alkanes of at least 4 members (excludes halogenated alkanes) is 11. The number of carbonyl (C=O) groups is 2. The van der Waals surface area contributed by atoms with Crippen molar-refractivity contribution in [2.75, 3.05) is 19.8 Å². The molecule has 0 radical (unpaired) electrons. The average molecular weight is 829 g/mol. The van der Waals surface area contributed by atoms with Gasteiger partial charge in [-0.3, -0.25) is 9.59 Å². The second-order valence-corrected chi connectivity index (χ2v) is 15.3. The van der Waals surface area contributed by atoms with Crippen molar-refractivity contribution < 1.29 is 23.8 Å². The molecule has 0 aliphatic carbocycles. The molecule has 1 atom stereocenters. The van der Waals surface area contributed by atoms with Crippen LogP contribution in [0.5, 0.6) is 0 Å². The van der Waals surface area contributed by atoms with Gasteiger partial charge in [-0.2, -0.15) is 0 Å². The molecule has 5 nitrogen and oxygen atoms in total. The summed E-state index contributed by atoms with van der Waals surface area (Å²) in [5.74, 6) is -0.523. The Bertz CT molecular complexity index is 1260. The molecular weight excluding hydrogens is 741 g/mol. The molecular formula is C55H88O5. The first-order valence-electron chi connectivity index (χ1n) is 24.1. The highest BCUT2D eigenvalue weighted by Gasteiger charge is 2.17. The zero-order chi connectivity index (χ0) is 43.5. The van der Waals surface area contributed by atoms with Gasteiger partial charge in [0, 0.05) is 19.4 Å². The predicted octanol–water partition coefficient (Wildman–Crippen LogP) is 16.2. The molecule has 0 rings (SSSR count). The van der Waals surface area contributed by atoms with Crippen LogP contribution >= 0.6 is 0 Å². The van der Waals surface area contributed by atoms with Crippen molar-refractivity contribution in [2.24, 2.45) is 0 Å². The summed E-state index contributed by atoms with van der Waals surface area (Å²) >= 11 is 0. The minimum atomic E-state index is -0.576. The molecule has 0 aromatic rings. The highest BCUT2D eigenvalue weighted by Crippen LogP contribution is 2.11. The fourth-order valence-corrected chi connectivity index (χ4v) is 6.00. The van der Waals surface area contributed by atoms with Gasteiger partial charge in [-0.15, -0.1) is 0 Å². The van der Waals surface area contributed by atoms with Crippen LogP contribution in [0.1, 0.15) is 188 Å². The molecule has 0 saturated heterocycles. The summed E-state index contributed by atoms with van der Waals surface area (Å²) in [5.41, 5.74) is 0. The predicted molar refractivity (Wildman–Crippen MR) is 260 cm³/mol. The van der Waals surface area contributed by atoms with E-state index in [1.807, 2.05) is 6.08 Å². The van der Waals surface area contributed by atoms with Crippen LogP contribution in [0.15, 0.2) is 122 Å². The van der Waals surface area contributed by atoms with Gasteiger partial charge in [0.2, 0.25) is 0 Å². The number of esters is 2. The van der Waals surface area contributed by atoms with E-state index in [2.05, 4.69) is 136 Å². The lowest BCUT2D eigenvalue weighted by atomic mass is 10.1. The highest BCUT2D eigenvalue weighted by molar-refractivity contribution is 5.70. The molecule has 0 heterocycles. The largest absolute Gasteiger partial charge is 0.462 e. The number of ether oxygens (including phenoxy) is 3. The van der Waals surface area contributed by atoms with Crippen LogP contribution in [0.3, 0.4) is 0 Å². The summed E-state index contributed by atoms with van der Waals surface area (Å²) in [7, 11) is 0.